The van der Waals surface area contributed by atoms with Crippen LogP contribution in [0.25, 0.3) is 21.5 Å². The van der Waals surface area contributed by atoms with Crippen LogP contribution >= 0.6 is 0 Å². The molecule has 224 valence electrons. The minimum absolute atomic E-state index is 0. The van der Waals surface area contributed by atoms with E-state index in [9.17, 15) is 25.9 Å². The van der Waals surface area contributed by atoms with E-state index in [2.05, 4.69) is 25.8 Å². The predicted molar refractivity (Wildman–Crippen MR) is 168 cm³/mol. The molecule has 0 aliphatic carbocycles. The van der Waals surface area contributed by atoms with Crippen LogP contribution in [0.4, 0.5) is 34.1 Å². The maximum Gasteiger partial charge on any atom is 1.00 e. The zero-order chi connectivity index (χ0) is 31.6. The van der Waals surface area contributed by atoms with Crippen LogP contribution in [0.5, 0.6) is 0 Å². The van der Waals surface area contributed by atoms with E-state index in [1.807, 2.05) is 54.6 Å². The van der Waals surface area contributed by atoms with Gasteiger partial charge < -0.3 is 14.4 Å². The van der Waals surface area contributed by atoms with Gasteiger partial charge in [-0.05, 0) is 60.7 Å². The Morgan fingerprint density at radius 3 is 1.66 bits per heavy atom. The summed E-state index contributed by atoms with van der Waals surface area (Å²) in [6, 6.07) is 32.7. The van der Waals surface area contributed by atoms with Crippen molar-refractivity contribution in [3.63, 3.8) is 0 Å². The molecule has 0 unspecified atom stereocenters. The third-order valence-electron chi connectivity index (χ3n) is 6.82. The van der Waals surface area contributed by atoms with Gasteiger partial charge in [0, 0.05) is 32.9 Å². The molecule has 0 fully saturated rings. The maximum absolute atomic E-state index is 12.2. The second-order valence-electron chi connectivity index (χ2n) is 9.76. The summed E-state index contributed by atoms with van der Waals surface area (Å²) in [5.41, 5.74) is 2.61. The predicted octanol–water partition coefficient (Wildman–Crippen LogP) is 2.38. The molecule has 0 aliphatic heterocycles. The van der Waals surface area contributed by atoms with Crippen LogP contribution in [-0.4, -0.2) is 25.9 Å². The summed E-state index contributed by atoms with van der Waals surface area (Å²) in [6.07, 6.45) is 0. The zero-order valence-electron chi connectivity index (χ0n) is 25.1. The number of benzene rings is 6. The van der Waals surface area contributed by atoms with Crippen molar-refractivity contribution in [3.8, 4) is 0 Å². The van der Waals surface area contributed by atoms with Crippen molar-refractivity contribution in [1.82, 2.24) is 0 Å². The molecule has 0 saturated carbocycles. The summed E-state index contributed by atoms with van der Waals surface area (Å²) in [5.74, 6) is 0. The molecule has 0 heterocycles. The van der Waals surface area contributed by atoms with Gasteiger partial charge in [-0.1, -0.05) is 60.7 Å². The summed E-state index contributed by atoms with van der Waals surface area (Å²) in [4.78, 5) is -0.787. The Bertz CT molecular complexity index is 2370. The molecule has 0 aliphatic rings. The summed E-state index contributed by atoms with van der Waals surface area (Å²) in [6.45, 7) is 0. The summed E-state index contributed by atoms with van der Waals surface area (Å²) < 4.78 is 70.8. The zero-order valence-corrected chi connectivity index (χ0v) is 33.0. The molecule has 0 radical (unpaired) electrons. The number of hydrogen-bond acceptors (Lipinski definition) is 11. The van der Waals surface area contributed by atoms with Gasteiger partial charge in [-0.25, -0.2) is 16.8 Å². The average molecular weight is 714 g/mol. The molecule has 0 aromatic heterocycles. The molecule has 0 saturated heterocycles. The number of azo groups is 2. The van der Waals surface area contributed by atoms with Crippen molar-refractivity contribution in [2.24, 2.45) is 20.5 Å². The fraction of sp³-hybridized carbons (Fsp3) is 0. The maximum atomic E-state index is 12.2. The van der Waals surface area contributed by atoms with Crippen molar-refractivity contribution in [2.75, 3.05) is 5.32 Å². The van der Waals surface area contributed by atoms with Crippen molar-refractivity contribution in [1.29, 1.82) is 0 Å². The van der Waals surface area contributed by atoms with Crippen LogP contribution < -0.4 is 108 Å². The Balaban J connectivity index is 0.00000250. The van der Waals surface area contributed by atoms with Crippen molar-refractivity contribution in [3.05, 3.63) is 121 Å². The van der Waals surface area contributed by atoms with Crippen LogP contribution in [0, 0.1) is 0 Å². The smallest absolute Gasteiger partial charge is 0.744 e. The second-order valence-corrected chi connectivity index (χ2v) is 12.5. The van der Waals surface area contributed by atoms with E-state index >= 15 is 0 Å². The Hall–Kier alpha value is -2.07. The topological polar surface area (TPSA) is 176 Å². The van der Waals surface area contributed by atoms with Gasteiger partial charge in [0.1, 0.15) is 20.2 Å². The number of para-hydroxylation sites is 1. The third kappa shape index (κ3) is 8.94. The standard InChI is InChI=1S/C32H23N5O6S2.2K/c38-44(39,40)23-11-6-10-22(20-23)34-35-27-16-17-28(25-13-5-4-12-24(25)27)36-37-29-18-19-30(33-21-8-2-1-3-9-21)32-26(29)14-7-15-31(32)45(41,42)43;;/h1-20,33H,(H,38,39,40)(H,41,42,43);;/q;2*+1/p-2. The van der Waals surface area contributed by atoms with Gasteiger partial charge in [-0.3, -0.25) is 0 Å². The summed E-state index contributed by atoms with van der Waals surface area (Å²) in [5, 5.41) is 22.4. The molecule has 11 nitrogen and oxygen atoms in total. The quantitative estimate of drug-likeness (QED) is 0.143. The molecule has 6 rings (SSSR count). The molecular formula is C32H21K2N5O6S2. The Morgan fingerprint density at radius 1 is 0.511 bits per heavy atom. The molecule has 6 aromatic carbocycles. The minimum atomic E-state index is -4.82. The van der Waals surface area contributed by atoms with Crippen molar-refractivity contribution in [2.45, 2.75) is 9.79 Å². The minimum Gasteiger partial charge on any atom is -0.744 e. The van der Waals surface area contributed by atoms with E-state index in [1.165, 1.54) is 30.3 Å². The Morgan fingerprint density at radius 2 is 1.04 bits per heavy atom. The number of anilines is 2. The van der Waals surface area contributed by atoms with Crippen LogP contribution in [0.3, 0.4) is 0 Å². The largest absolute Gasteiger partial charge is 1.00 e. The van der Waals surface area contributed by atoms with Gasteiger partial charge in [0.2, 0.25) is 0 Å². The van der Waals surface area contributed by atoms with Crippen molar-refractivity contribution >= 4 is 75.9 Å². The Labute approximate surface area is 356 Å². The first kappa shape index (κ1) is 37.7. The average Bonchev–Trinajstić information content (AvgIpc) is 3.03. The van der Waals surface area contributed by atoms with Gasteiger partial charge in [-0.2, -0.15) is 5.11 Å². The first-order chi connectivity index (χ1) is 21.6. The third-order valence-corrected chi connectivity index (χ3v) is 8.53. The fourth-order valence-corrected chi connectivity index (χ4v) is 6.02. The monoisotopic (exact) mass is 713 g/mol. The van der Waals surface area contributed by atoms with E-state index in [-0.39, 0.29) is 119 Å². The van der Waals surface area contributed by atoms with Crippen LogP contribution in [0.2, 0.25) is 0 Å². The van der Waals surface area contributed by atoms with E-state index in [4.69, 9.17) is 0 Å². The number of rotatable bonds is 8. The van der Waals surface area contributed by atoms with Crippen LogP contribution in [-0.2, 0) is 20.2 Å². The Kier molecular flexibility index (Phi) is 12.9. The number of nitrogens with one attached hydrogen (secondary N) is 1. The molecule has 0 amide bonds. The number of fused-ring (bicyclic) bond motifs is 2. The molecule has 0 atom stereocenters. The van der Waals surface area contributed by atoms with E-state index in [0.29, 0.717) is 44.6 Å². The molecule has 15 heteroatoms. The molecular weight excluding hydrogens is 693 g/mol. The first-order valence-electron chi connectivity index (χ1n) is 13.3. The van der Waals surface area contributed by atoms with Gasteiger partial charge in [0.15, 0.2) is 0 Å². The van der Waals surface area contributed by atoms with Crippen LogP contribution in [0.1, 0.15) is 0 Å². The molecule has 1 N–H and O–H groups in total. The molecule has 0 bridgehead atoms. The van der Waals surface area contributed by atoms with E-state index in [1.54, 1.807) is 30.3 Å². The van der Waals surface area contributed by atoms with E-state index < -0.39 is 25.1 Å². The molecule has 47 heavy (non-hydrogen) atoms. The normalized spacial score (nSPS) is 11.9. The SMILES string of the molecule is O=S(=O)([O-])c1cccc(N=Nc2ccc(N=Nc3ccc(Nc4ccccc4)c4c(S(=O)(=O)[O-])cccc34)c3ccccc23)c1.[K+].[K+]. The molecule has 0 spiro atoms. The number of hydrogen-bond donors (Lipinski definition) is 1. The second kappa shape index (κ2) is 16.1. The summed E-state index contributed by atoms with van der Waals surface area (Å²) >= 11 is 0. The van der Waals surface area contributed by atoms with Gasteiger partial charge in [0.25, 0.3) is 0 Å². The van der Waals surface area contributed by atoms with Crippen LogP contribution in [0.15, 0.2) is 152 Å². The van der Waals surface area contributed by atoms with Gasteiger partial charge in [-0.15, -0.1) is 15.3 Å². The first-order valence-corrected chi connectivity index (χ1v) is 16.1. The van der Waals surface area contributed by atoms with E-state index in [0.717, 1.165) is 6.07 Å². The number of nitrogens with zero attached hydrogens (tertiary/aromatic N) is 4. The van der Waals surface area contributed by atoms with Gasteiger partial charge >= 0.3 is 103 Å². The van der Waals surface area contributed by atoms with Crippen molar-refractivity contribution < 1.29 is 129 Å². The molecule has 6 aromatic rings. The fourth-order valence-electron chi connectivity index (χ4n) is 4.80. The summed E-state index contributed by atoms with van der Waals surface area (Å²) in [7, 11) is -9.47. The van der Waals surface area contributed by atoms with Gasteiger partial charge in [0.05, 0.1) is 32.5 Å².